The molecule has 0 saturated carbocycles. The van der Waals surface area contributed by atoms with Crippen LogP contribution in [-0.4, -0.2) is 15.5 Å². The highest BCUT2D eigenvalue weighted by molar-refractivity contribution is 9.10. The summed E-state index contributed by atoms with van der Waals surface area (Å²) in [5, 5.41) is 0. The van der Waals surface area contributed by atoms with Crippen molar-refractivity contribution in [2.45, 2.75) is 18.4 Å². The van der Waals surface area contributed by atoms with Gasteiger partial charge in [0.05, 0.1) is 12.2 Å². The zero-order chi connectivity index (χ0) is 14.9. The summed E-state index contributed by atoms with van der Waals surface area (Å²) in [4.78, 5) is 0.0713. The van der Waals surface area contributed by atoms with Gasteiger partial charge < -0.3 is 10.2 Å². The molecule has 0 aliphatic rings. The summed E-state index contributed by atoms with van der Waals surface area (Å²) < 4.78 is 31.8. The molecule has 0 atom stereocenters. The van der Waals surface area contributed by atoms with Crippen molar-refractivity contribution in [2.24, 2.45) is 5.73 Å². The third-order valence-corrected chi connectivity index (χ3v) is 5.55. The largest absolute Gasteiger partial charge is 0.452 e. The number of benzene rings is 1. The Bertz CT molecular complexity index is 725. The maximum absolute atomic E-state index is 12.6. The van der Waals surface area contributed by atoms with Gasteiger partial charge >= 0.3 is 0 Å². The lowest BCUT2D eigenvalue weighted by atomic mass is 10.2. The first-order chi connectivity index (χ1) is 9.36. The van der Waals surface area contributed by atoms with E-state index in [0.29, 0.717) is 11.4 Å². The van der Waals surface area contributed by atoms with E-state index in [0.717, 1.165) is 5.56 Å². The molecule has 0 unspecified atom stereocenters. The van der Waals surface area contributed by atoms with Gasteiger partial charge in [-0.15, -0.1) is 0 Å². The van der Waals surface area contributed by atoms with E-state index in [1.54, 1.807) is 12.1 Å². The maximum Gasteiger partial charge on any atom is 0.268 e. The van der Waals surface area contributed by atoms with Crippen LogP contribution in [0.25, 0.3) is 0 Å². The van der Waals surface area contributed by atoms with Gasteiger partial charge in [-0.25, -0.2) is 8.42 Å². The minimum absolute atomic E-state index is 0.0713. The zero-order valence-corrected chi connectivity index (χ0v) is 13.5. The van der Waals surface area contributed by atoms with Crippen LogP contribution in [0.5, 0.6) is 0 Å². The molecule has 7 heteroatoms. The molecular formula is C13H15BrN2O3S. The molecule has 0 saturated heterocycles. The Morgan fingerprint density at radius 1 is 1.35 bits per heavy atom. The normalized spacial score (nSPS) is 11.6. The van der Waals surface area contributed by atoms with Crippen molar-refractivity contribution >= 4 is 31.6 Å². The average molecular weight is 359 g/mol. The molecule has 20 heavy (non-hydrogen) atoms. The van der Waals surface area contributed by atoms with Crippen molar-refractivity contribution < 1.29 is 12.8 Å². The van der Waals surface area contributed by atoms with Crippen molar-refractivity contribution in [1.82, 2.24) is 0 Å². The quantitative estimate of drug-likeness (QED) is 0.911. The lowest BCUT2D eigenvalue weighted by Crippen LogP contribution is -2.26. The monoisotopic (exact) mass is 358 g/mol. The van der Waals surface area contributed by atoms with E-state index in [4.69, 9.17) is 10.2 Å². The molecule has 1 aromatic carbocycles. The molecule has 2 rings (SSSR count). The fourth-order valence-corrected chi connectivity index (χ4v) is 3.93. The Kier molecular flexibility index (Phi) is 4.22. The van der Waals surface area contributed by atoms with Gasteiger partial charge in [-0.05, 0) is 40.5 Å². The number of halogens is 1. The summed E-state index contributed by atoms with van der Waals surface area (Å²) in [7, 11) is -2.19. The topological polar surface area (TPSA) is 76.5 Å². The molecular weight excluding hydrogens is 344 g/mol. The second kappa shape index (κ2) is 5.59. The van der Waals surface area contributed by atoms with Crippen LogP contribution in [0.15, 0.2) is 44.3 Å². The summed E-state index contributed by atoms with van der Waals surface area (Å²) >= 11 is 3.12. The van der Waals surface area contributed by atoms with Crippen LogP contribution in [0.4, 0.5) is 5.69 Å². The molecule has 108 valence electrons. The summed E-state index contributed by atoms with van der Waals surface area (Å²) in [6, 6.07) is 8.69. The molecule has 0 spiro atoms. The van der Waals surface area contributed by atoms with Crippen LogP contribution in [0, 0.1) is 6.92 Å². The molecule has 0 bridgehead atoms. The Balaban J connectivity index is 2.46. The first-order valence-electron chi connectivity index (χ1n) is 5.90. The zero-order valence-electron chi connectivity index (χ0n) is 11.1. The number of hydrogen-bond acceptors (Lipinski definition) is 4. The van der Waals surface area contributed by atoms with E-state index in [-0.39, 0.29) is 16.1 Å². The van der Waals surface area contributed by atoms with E-state index < -0.39 is 10.0 Å². The Hall–Kier alpha value is -1.31. The minimum Gasteiger partial charge on any atom is -0.452 e. The van der Waals surface area contributed by atoms with Crippen molar-refractivity contribution in [2.75, 3.05) is 11.4 Å². The Labute approximate surface area is 126 Å². The lowest BCUT2D eigenvalue weighted by molar-refractivity contribution is 0.484. The number of aryl methyl sites for hydroxylation is 1. The van der Waals surface area contributed by atoms with Gasteiger partial charge in [-0.3, -0.25) is 4.31 Å². The number of nitrogens with zero attached hydrogens (tertiary/aromatic N) is 1. The van der Waals surface area contributed by atoms with Gasteiger partial charge in [-0.2, -0.15) is 0 Å². The molecule has 5 nitrogen and oxygen atoms in total. The highest BCUT2D eigenvalue weighted by Crippen LogP contribution is 2.30. The predicted octanol–water partition coefficient (Wildman–Crippen LogP) is 2.63. The summed E-state index contributed by atoms with van der Waals surface area (Å²) in [5.74, 6) is 0.410. The fourth-order valence-electron chi connectivity index (χ4n) is 1.78. The fraction of sp³-hybridized carbons (Fsp3) is 0.231. The SMILES string of the molecule is Cc1cccc(N(C)S(=O)(=O)c2cc(CN)oc2Br)c1. The van der Waals surface area contributed by atoms with Crippen LogP contribution in [0.3, 0.4) is 0 Å². The van der Waals surface area contributed by atoms with Crippen LogP contribution in [0.1, 0.15) is 11.3 Å². The number of hydrogen-bond donors (Lipinski definition) is 1. The molecule has 0 fully saturated rings. The predicted molar refractivity (Wildman–Crippen MR) is 81.1 cm³/mol. The van der Waals surface area contributed by atoms with Crippen LogP contribution < -0.4 is 10.0 Å². The average Bonchev–Trinajstić information content (AvgIpc) is 2.80. The van der Waals surface area contributed by atoms with E-state index in [1.807, 2.05) is 19.1 Å². The molecule has 0 aliphatic carbocycles. The number of sulfonamides is 1. The van der Waals surface area contributed by atoms with E-state index in [2.05, 4.69) is 15.9 Å². The molecule has 0 radical (unpaired) electrons. The Morgan fingerprint density at radius 2 is 2.05 bits per heavy atom. The first-order valence-corrected chi connectivity index (χ1v) is 8.13. The third-order valence-electron chi connectivity index (χ3n) is 2.91. The summed E-state index contributed by atoms with van der Waals surface area (Å²) in [5.41, 5.74) is 7.03. The van der Waals surface area contributed by atoms with Crippen LogP contribution in [0.2, 0.25) is 0 Å². The van der Waals surface area contributed by atoms with Crippen LogP contribution >= 0.6 is 15.9 Å². The molecule has 0 amide bonds. The standard InChI is InChI=1S/C13H15BrN2O3S/c1-9-4-3-5-10(6-9)16(2)20(17,18)12-7-11(8-15)19-13(12)14/h3-7H,8,15H2,1-2H3. The van der Waals surface area contributed by atoms with E-state index in [1.165, 1.54) is 17.4 Å². The number of furan rings is 1. The molecule has 0 aliphatic heterocycles. The van der Waals surface area contributed by atoms with E-state index in [9.17, 15) is 8.42 Å². The Morgan fingerprint density at radius 3 is 2.60 bits per heavy atom. The van der Waals surface area contributed by atoms with E-state index >= 15 is 0 Å². The number of nitrogens with two attached hydrogens (primary N) is 1. The number of anilines is 1. The minimum atomic E-state index is -3.69. The summed E-state index contributed by atoms with van der Waals surface area (Å²) in [6.45, 7) is 2.05. The first kappa shape index (κ1) is 15.1. The molecule has 2 aromatic rings. The van der Waals surface area contributed by atoms with Gasteiger partial charge in [0.25, 0.3) is 10.0 Å². The van der Waals surface area contributed by atoms with Gasteiger partial charge in [0.15, 0.2) is 4.67 Å². The molecule has 1 aromatic heterocycles. The third kappa shape index (κ3) is 2.74. The lowest BCUT2D eigenvalue weighted by Gasteiger charge is -2.19. The van der Waals surface area contributed by atoms with Gasteiger partial charge in [-0.1, -0.05) is 12.1 Å². The summed E-state index contributed by atoms with van der Waals surface area (Å²) in [6.07, 6.45) is 0. The number of rotatable bonds is 4. The van der Waals surface area contributed by atoms with Crippen molar-refractivity contribution in [3.8, 4) is 0 Å². The van der Waals surface area contributed by atoms with Gasteiger partial charge in [0, 0.05) is 13.1 Å². The highest BCUT2D eigenvalue weighted by atomic mass is 79.9. The molecule has 2 N–H and O–H groups in total. The smallest absolute Gasteiger partial charge is 0.268 e. The second-order valence-electron chi connectivity index (χ2n) is 4.37. The van der Waals surface area contributed by atoms with Crippen LogP contribution in [-0.2, 0) is 16.6 Å². The van der Waals surface area contributed by atoms with Crippen molar-refractivity contribution in [1.29, 1.82) is 0 Å². The maximum atomic E-state index is 12.6. The van der Waals surface area contributed by atoms with Gasteiger partial charge in [0.1, 0.15) is 10.7 Å². The van der Waals surface area contributed by atoms with Crippen molar-refractivity contribution in [3.05, 3.63) is 46.3 Å². The van der Waals surface area contributed by atoms with Gasteiger partial charge in [0.2, 0.25) is 0 Å². The van der Waals surface area contributed by atoms with Crippen molar-refractivity contribution in [3.63, 3.8) is 0 Å². The molecule has 1 heterocycles. The second-order valence-corrected chi connectivity index (χ2v) is 7.02. The highest BCUT2D eigenvalue weighted by Gasteiger charge is 2.27.